The second-order valence-corrected chi connectivity index (χ2v) is 6.41. The minimum Gasteiger partial charge on any atom is -0.351 e. The minimum atomic E-state index is -0.429. The number of hydrogen-bond donors (Lipinski definition) is 2. The van der Waals surface area contributed by atoms with Crippen molar-refractivity contribution < 1.29 is 9.72 Å². The zero-order valence-corrected chi connectivity index (χ0v) is 15.1. The average molecular weight is 359 g/mol. The van der Waals surface area contributed by atoms with Crippen molar-refractivity contribution in [3.8, 4) is 0 Å². The van der Waals surface area contributed by atoms with Crippen molar-refractivity contribution in [1.29, 1.82) is 0 Å². The maximum atomic E-state index is 12.3. The molecule has 2 rings (SSSR count). The van der Waals surface area contributed by atoms with E-state index in [-0.39, 0.29) is 24.1 Å². The van der Waals surface area contributed by atoms with E-state index in [0.29, 0.717) is 19.0 Å². The SMILES string of the molecule is CC[C@H](C)[C@@H](CN)NC(=O)Cc1cncn1Cc1ccc([N+](=O)[O-])cc1. The normalized spacial score (nSPS) is 13.2. The van der Waals surface area contributed by atoms with E-state index >= 15 is 0 Å². The van der Waals surface area contributed by atoms with Gasteiger partial charge in [-0.25, -0.2) is 4.98 Å². The van der Waals surface area contributed by atoms with Gasteiger partial charge in [0.25, 0.3) is 5.69 Å². The summed E-state index contributed by atoms with van der Waals surface area (Å²) in [5.41, 5.74) is 7.49. The number of nitro groups is 1. The van der Waals surface area contributed by atoms with E-state index in [1.807, 2.05) is 4.57 Å². The largest absolute Gasteiger partial charge is 0.351 e. The highest BCUT2D eigenvalue weighted by atomic mass is 16.6. The number of nitrogens with one attached hydrogen (secondary N) is 1. The van der Waals surface area contributed by atoms with Gasteiger partial charge < -0.3 is 15.6 Å². The van der Waals surface area contributed by atoms with Crippen molar-refractivity contribution in [2.45, 2.75) is 39.3 Å². The number of nitrogens with zero attached hydrogens (tertiary/aromatic N) is 3. The number of aromatic nitrogens is 2. The summed E-state index contributed by atoms with van der Waals surface area (Å²) in [5.74, 6) is 0.222. The first kappa shape index (κ1) is 19.6. The number of hydrogen-bond acceptors (Lipinski definition) is 5. The number of non-ortho nitro benzene ring substituents is 1. The molecule has 1 aromatic heterocycles. The predicted octanol–water partition coefficient (Wildman–Crippen LogP) is 1.87. The van der Waals surface area contributed by atoms with E-state index in [1.54, 1.807) is 24.7 Å². The van der Waals surface area contributed by atoms with E-state index in [9.17, 15) is 14.9 Å². The Morgan fingerprint density at radius 3 is 2.65 bits per heavy atom. The lowest BCUT2D eigenvalue weighted by Crippen LogP contribution is -2.45. The van der Waals surface area contributed by atoms with Crippen molar-refractivity contribution >= 4 is 11.6 Å². The summed E-state index contributed by atoms with van der Waals surface area (Å²) in [6.45, 7) is 5.03. The topological polar surface area (TPSA) is 116 Å². The Balaban J connectivity index is 2.01. The number of imidazole rings is 1. The maximum absolute atomic E-state index is 12.3. The van der Waals surface area contributed by atoms with E-state index < -0.39 is 4.92 Å². The number of benzene rings is 1. The van der Waals surface area contributed by atoms with Crippen molar-refractivity contribution in [2.24, 2.45) is 11.7 Å². The zero-order valence-electron chi connectivity index (χ0n) is 15.1. The standard InChI is InChI=1S/C18H25N5O3/c1-3-13(2)17(9-19)21-18(24)8-16-10-20-12-22(16)11-14-4-6-15(7-5-14)23(25)26/h4-7,10,12-13,17H,3,8-9,11,19H2,1-2H3,(H,21,24)/t13-,17+/m0/s1. The Morgan fingerprint density at radius 1 is 1.38 bits per heavy atom. The fourth-order valence-corrected chi connectivity index (χ4v) is 2.70. The van der Waals surface area contributed by atoms with Crippen molar-refractivity contribution in [3.05, 3.63) is 58.2 Å². The molecule has 1 amide bonds. The highest BCUT2D eigenvalue weighted by molar-refractivity contribution is 5.78. The lowest BCUT2D eigenvalue weighted by atomic mass is 9.99. The summed E-state index contributed by atoms with van der Waals surface area (Å²) in [7, 11) is 0. The molecule has 3 N–H and O–H groups in total. The molecule has 8 nitrogen and oxygen atoms in total. The van der Waals surface area contributed by atoms with Crippen LogP contribution in [-0.2, 0) is 17.8 Å². The predicted molar refractivity (Wildman–Crippen MR) is 98.6 cm³/mol. The van der Waals surface area contributed by atoms with Crippen LogP contribution in [0.1, 0.15) is 31.5 Å². The molecule has 1 aromatic carbocycles. The molecule has 0 saturated carbocycles. The van der Waals surface area contributed by atoms with Crippen LogP contribution in [0.15, 0.2) is 36.8 Å². The molecule has 0 aliphatic carbocycles. The van der Waals surface area contributed by atoms with Gasteiger partial charge in [0.15, 0.2) is 0 Å². The fraction of sp³-hybridized carbons (Fsp3) is 0.444. The molecular formula is C18H25N5O3. The van der Waals surface area contributed by atoms with Crippen LogP contribution < -0.4 is 11.1 Å². The van der Waals surface area contributed by atoms with Gasteiger partial charge in [-0.05, 0) is 11.5 Å². The zero-order chi connectivity index (χ0) is 19.1. The summed E-state index contributed by atoms with van der Waals surface area (Å²) >= 11 is 0. The van der Waals surface area contributed by atoms with Crippen LogP contribution in [0.5, 0.6) is 0 Å². The number of amides is 1. The Hall–Kier alpha value is -2.74. The molecule has 0 saturated heterocycles. The molecular weight excluding hydrogens is 334 g/mol. The van der Waals surface area contributed by atoms with Gasteiger partial charge in [-0.15, -0.1) is 0 Å². The summed E-state index contributed by atoms with van der Waals surface area (Å²) in [6.07, 6.45) is 4.46. The van der Waals surface area contributed by atoms with Crippen LogP contribution in [0.25, 0.3) is 0 Å². The van der Waals surface area contributed by atoms with Gasteiger partial charge in [0, 0.05) is 43.2 Å². The number of carbonyl (C=O) groups excluding carboxylic acids is 1. The smallest absolute Gasteiger partial charge is 0.269 e. The van der Waals surface area contributed by atoms with E-state index in [1.165, 1.54) is 12.1 Å². The maximum Gasteiger partial charge on any atom is 0.269 e. The van der Waals surface area contributed by atoms with Crippen molar-refractivity contribution in [3.63, 3.8) is 0 Å². The van der Waals surface area contributed by atoms with Gasteiger partial charge in [-0.3, -0.25) is 14.9 Å². The fourth-order valence-electron chi connectivity index (χ4n) is 2.70. The van der Waals surface area contributed by atoms with Gasteiger partial charge >= 0.3 is 0 Å². The summed E-state index contributed by atoms with van der Waals surface area (Å²) in [4.78, 5) is 26.8. The molecule has 8 heteroatoms. The minimum absolute atomic E-state index is 0.0430. The van der Waals surface area contributed by atoms with Gasteiger partial charge in [0.1, 0.15) is 0 Å². The van der Waals surface area contributed by atoms with Crippen molar-refractivity contribution in [1.82, 2.24) is 14.9 Å². The number of rotatable bonds is 9. The molecule has 0 spiro atoms. The third-order valence-electron chi connectivity index (χ3n) is 4.57. The van der Waals surface area contributed by atoms with E-state index in [2.05, 4.69) is 24.1 Å². The molecule has 0 aliphatic heterocycles. The molecule has 1 heterocycles. The van der Waals surface area contributed by atoms with E-state index in [0.717, 1.165) is 17.7 Å². The van der Waals surface area contributed by atoms with Crippen LogP contribution >= 0.6 is 0 Å². The second kappa shape index (κ2) is 9.10. The summed E-state index contributed by atoms with van der Waals surface area (Å²) < 4.78 is 1.86. The number of nitrogens with two attached hydrogens (primary N) is 1. The van der Waals surface area contributed by atoms with Crippen LogP contribution in [0.4, 0.5) is 5.69 Å². The van der Waals surface area contributed by atoms with Gasteiger partial charge in [0.05, 0.1) is 17.7 Å². The van der Waals surface area contributed by atoms with E-state index in [4.69, 9.17) is 5.73 Å². The molecule has 0 bridgehead atoms. The van der Waals surface area contributed by atoms with Gasteiger partial charge in [0.2, 0.25) is 5.91 Å². The Morgan fingerprint density at radius 2 is 2.08 bits per heavy atom. The monoisotopic (exact) mass is 359 g/mol. The first-order chi connectivity index (χ1) is 12.4. The number of nitro benzene ring substituents is 1. The molecule has 0 radical (unpaired) electrons. The average Bonchev–Trinajstić information content (AvgIpc) is 3.06. The highest BCUT2D eigenvalue weighted by Crippen LogP contribution is 2.14. The van der Waals surface area contributed by atoms with Crippen LogP contribution in [0.3, 0.4) is 0 Å². The second-order valence-electron chi connectivity index (χ2n) is 6.41. The number of carbonyl (C=O) groups is 1. The molecule has 0 fully saturated rings. The lowest BCUT2D eigenvalue weighted by Gasteiger charge is -2.22. The summed E-state index contributed by atoms with van der Waals surface area (Å²) in [6, 6.07) is 6.30. The molecule has 140 valence electrons. The Bertz CT molecular complexity index is 742. The van der Waals surface area contributed by atoms with Gasteiger partial charge in [-0.1, -0.05) is 32.4 Å². The third kappa shape index (κ3) is 5.13. The first-order valence-electron chi connectivity index (χ1n) is 8.66. The first-order valence-corrected chi connectivity index (χ1v) is 8.66. The van der Waals surface area contributed by atoms with Gasteiger partial charge in [-0.2, -0.15) is 0 Å². The Kier molecular flexibility index (Phi) is 6.85. The lowest BCUT2D eigenvalue weighted by molar-refractivity contribution is -0.384. The molecule has 0 unspecified atom stereocenters. The highest BCUT2D eigenvalue weighted by Gasteiger charge is 2.18. The van der Waals surface area contributed by atoms with Crippen molar-refractivity contribution in [2.75, 3.05) is 6.54 Å². The molecule has 26 heavy (non-hydrogen) atoms. The molecule has 2 atom stereocenters. The van der Waals surface area contributed by atoms with Crippen LogP contribution in [0, 0.1) is 16.0 Å². The molecule has 2 aromatic rings. The quantitative estimate of drug-likeness (QED) is 0.524. The van der Waals surface area contributed by atoms with Crippen LogP contribution in [-0.4, -0.2) is 33.0 Å². The molecule has 0 aliphatic rings. The Labute approximate surface area is 152 Å². The van der Waals surface area contributed by atoms with Crippen LogP contribution in [0.2, 0.25) is 0 Å². The summed E-state index contributed by atoms with van der Waals surface area (Å²) in [5, 5.41) is 13.7. The third-order valence-corrected chi connectivity index (χ3v) is 4.57.